The molecule has 8 heteroatoms. The average Bonchev–Trinajstić information content (AvgIpc) is 2.49. The van der Waals surface area contributed by atoms with Gasteiger partial charge in [-0.3, -0.25) is 5.21 Å². The molecule has 0 bridgehead atoms. The van der Waals surface area contributed by atoms with E-state index in [0.29, 0.717) is 5.70 Å². The molecule has 1 aliphatic rings. The molecule has 22 heavy (non-hydrogen) atoms. The van der Waals surface area contributed by atoms with E-state index in [1.165, 1.54) is 18.3 Å². The van der Waals surface area contributed by atoms with Crippen LogP contribution in [0, 0.1) is 0 Å². The summed E-state index contributed by atoms with van der Waals surface area (Å²) in [6.45, 7) is 0. The lowest BCUT2D eigenvalue weighted by atomic mass is 10.3. The van der Waals surface area contributed by atoms with Crippen LogP contribution in [-0.4, -0.2) is 32.8 Å². The van der Waals surface area contributed by atoms with Gasteiger partial charge in [-0.15, -0.1) is 5.11 Å². The summed E-state index contributed by atoms with van der Waals surface area (Å²) < 4.78 is 27.4. The third-order valence-electron chi connectivity index (χ3n) is 2.87. The summed E-state index contributed by atoms with van der Waals surface area (Å²) in [5, 5.41) is 13.8. The Hall–Kier alpha value is -2.45. The molecule has 116 valence electrons. The summed E-state index contributed by atoms with van der Waals surface area (Å²) >= 11 is 0. The van der Waals surface area contributed by atoms with E-state index in [-0.39, 0.29) is 4.90 Å². The zero-order chi connectivity index (χ0) is 16.2. The highest BCUT2D eigenvalue weighted by Gasteiger charge is 2.12. The van der Waals surface area contributed by atoms with Crippen LogP contribution in [0.5, 0.6) is 0 Å². The van der Waals surface area contributed by atoms with Crippen molar-refractivity contribution in [3.8, 4) is 0 Å². The summed E-state index contributed by atoms with van der Waals surface area (Å²) in [5.74, 6) is 0. The first kappa shape index (κ1) is 15.9. The number of benzene rings is 1. The molecule has 0 atom stereocenters. The van der Waals surface area contributed by atoms with Crippen LogP contribution < -0.4 is 4.90 Å². The highest BCUT2D eigenvalue weighted by Crippen LogP contribution is 2.18. The van der Waals surface area contributed by atoms with E-state index in [0.717, 1.165) is 17.0 Å². The van der Waals surface area contributed by atoms with E-state index in [2.05, 4.69) is 9.63 Å². The summed E-state index contributed by atoms with van der Waals surface area (Å²) in [6, 6.07) is 6.31. The number of rotatable bonds is 4. The Morgan fingerprint density at radius 1 is 1.18 bits per heavy atom. The average molecular weight is 320 g/mol. The van der Waals surface area contributed by atoms with Crippen LogP contribution in [0.4, 0.5) is 5.69 Å². The highest BCUT2D eigenvalue weighted by molar-refractivity contribution is 7.90. The minimum absolute atomic E-state index is 0.0557. The van der Waals surface area contributed by atoms with Crippen LogP contribution >= 0.6 is 0 Å². The van der Waals surface area contributed by atoms with Gasteiger partial charge in [0.05, 0.1) is 16.8 Å². The van der Waals surface area contributed by atoms with Crippen molar-refractivity contribution in [1.82, 2.24) is 5.06 Å². The van der Waals surface area contributed by atoms with E-state index in [4.69, 9.17) is 0 Å². The van der Waals surface area contributed by atoms with E-state index in [1.54, 1.807) is 30.4 Å². The van der Waals surface area contributed by atoms with Gasteiger partial charge in [0, 0.05) is 26.0 Å². The van der Waals surface area contributed by atoms with Crippen molar-refractivity contribution in [3.63, 3.8) is 0 Å². The molecular weight excluding hydrogens is 304 g/mol. The number of allylic oxidation sites excluding steroid dienone is 3. The topological polar surface area (TPSA) is 85.6 Å². The van der Waals surface area contributed by atoms with Gasteiger partial charge < -0.3 is 4.90 Å². The molecular formula is C14H16N4O3S. The molecule has 0 unspecified atom stereocenters. The van der Waals surface area contributed by atoms with Gasteiger partial charge in [-0.05, 0) is 36.4 Å². The molecule has 0 aliphatic carbocycles. The molecule has 0 saturated heterocycles. The Bertz CT molecular complexity index is 747. The number of hydrogen-bond donors (Lipinski definition) is 1. The van der Waals surface area contributed by atoms with Crippen molar-refractivity contribution < 1.29 is 13.6 Å². The van der Waals surface area contributed by atoms with Crippen LogP contribution in [0.2, 0.25) is 0 Å². The molecule has 1 aromatic carbocycles. The number of sulfonamides is 1. The second-order valence-corrected chi connectivity index (χ2v) is 6.24. The van der Waals surface area contributed by atoms with E-state index in [1.807, 2.05) is 19.0 Å². The number of nitrogens with zero attached hydrogens (tertiary/aromatic N) is 4. The van der Waals surface area contributed by atoms with Crippen molar-refractivity contribution in [2.45, 2.75) is 4.90 Å². The summed E-state index contributed by atoms with van der Waals surface area (Å²) in [7, 11) is -0.142. The van der Waals surface area contributed by atoms with Gasteiger partial charge in [0.25, 0.3) is 10.0 Å². The van der Waals surface area contributed by atoms with Crippen molar-refractivity contribution in [3.05, 3.63) is 60.6 Å². The normalized spacial score (nSPS) is 16.7. The largest absolute Gasteiger partial charge is 0.378 e. The van der Waals surface area contributed by atoms with Crippen molar-refractivity contribution >= 4 is 15.7 Å². The Kier molecular flexibility index (Phi) is 4.74. The molecule has 7 nitrogen and oxygen atoms in total. The molecule has 0 radical (unpaired) electrons. The minimum Gasteiger partial charge on any atom is -0.378 e. The van der Waals surface area contributed by atoms with Crippen LogP contribution in [0.3, 0.4) is 0 Å². The monoisotopic (exact) mass is 320 g/mol. The van der Waals surface area contributed by atoms with Gasteiger partial charge in [0.1, 0.15) is 0 Å². The fraction of sp³-hybridized carbons (Fsp3) is 0.143. The molecule has 0 aromatic heterocycles. The molecule has 1 N–H and O–H groups in total. The molecule has 0 amide bonds. The fourth-order valence-corrected chi connectivity index (χ4v) is 2.40. The lowest BCUT2D eigenvalue weighted by Gasteiger charge is -2.13. The Morgan fingerprint density at radius 2 is 1.86 bits per heavy atom. The maximum absolute atomic E-state index is 12.0. The molecule has 2 rings (SSSR count). The van der Waals surface area contributed by atoms with Crippen LogP contribution in [-0.2, 0) is 10.0 Å². The van der Waals surface area contributed by atoms with E-state index in [9.17, 15) is 13.6 Å². The lowest BCUT2D eigenvalue weighted by molar-refractivity contribution is -0.000512. The SMILES string of the molecule is CN(C)c1ccc(S(=O)(=O)N=NC=C2C=CC=CN2O)cc1. The molecule has 1 aliphatic heterocycles. The predicted molar refractivity (Wildman–Crippen MR) is 82.8 cm³/mol. The Morgan fingerprint density at radius 3 is 2.45 bits per heavy atom. The quantitative estimate of drug-likeness (QED) is 0.862. The number of hydroxylamine groups is 2. The first-order valence-electron chi connectivity index (χ1n) is 6.38. The molecule has 0 saturated carbocycles. The number of hydrogen-bond acceptors (Lipinski definition) is 6. The first-order chi connectivity index (χ1) is 10.4. The molecule has 0 spiro atoms. The Balaban J connectivity index is 2.17. The second kappa shape index (κ2) is 6.54. The minimum atomic E-state index is -3.87. The summed E-state index contributed by atoms with van der Waals surface area (Å²) in [6.07, 6.45) is 7.43. The molecule has 1 heterocycles. The molecule has 0 fully saturated rings. The van der Waals surface area contributed by atoms with E-state index >= 15 is 0 Å². The third kappa shape index (κ3) is 3.80. The lowest BCUT2D eigenvalue weighted by Crippen LogP contribution is -2.10. The Labute approximate surface area is 129 Å². The van der Waals surface area contributed by atoms with Crippen LogP contribution in [0.15, 0.2) is 75.1 Å². The van der Waals surface area contributed by atoms with Crippen molar-refractivity contribution in [2.24, 2.45) is 9.63 Å². The van der Waals surface area contributed by atoms with Gasteiger partial charge >= 0.3 is 0 Å². The summed E-state index contributed by atoms with van der Waals surface area (Å²) in [4.78, 5) is 1.92. The van der Waals surface area contributed by atoms with Gasteiger partial charge in [-0.1, -0.05) is 10.6 Å². The highest BCUT2D eigenvalue weighted by atomic mass is 32.2. The summed E-state index contributed by atoms with van der Waals surface area (Å²) in [5.41, 5.74) is 1.19. The maximum atomic E-state index is 12.0. The third-order valence-corrected chi connectivity index (χ3v) is 4.04. The standard InChI is InChI=1S/C14H16N4O3S/c1-17(2)12-6-8-14(9-7-12)22(20,21)16-15-11-13-5-3-4-10-18(13)19/h3-11,19H,1-2H3. The van der Waals surface area contributed by atoms with E-state index < -0.39 is 10.0 Å². The zero-order valence-corrected chi connectivity index (χ0v) is 13.0. The zero-order valence-electron chi connectivity index (χ0n) is 12.2. The smallest absolute Gasteiger partial charge is 0.299 e. The van der Waals surface area contributed by atoms with Crippen molar-refractivity contribution in [1.29, 1.82) is 0 Å². The number of anilines is 1. The van der Waals surface area contributed by atoms with Crippen LogP contribution in [0.1, 0.15) is 0 Å². The predicted octanol–water partition coefficient (Wildman–Crippen LogP) is 2.51. The molecule has 1 aromatic rings. The fourth-order valence-electron chi connectivity index (χ4n) is 1.66. The maximum Gasteiger partial charge on any atom is 0.299 e. The van der Waals surface area contributed by atoms with Gasteiger partial charge in [-0.25, -0.2) is 5.06 Å². The second-order valence-electron chi connectivity index (χ2n) is 4.66. The van der Waals surface area contributed by atoms with Gasteiger partial charge in [-0.2, -0.15) is 8.42 Å². The van der Waals surface area contributed by atoms with Gasteiger partial charge in [0.2, 0.25) is 0 Å². The van der Waals surface area contributed by atoms with Crippen molar-refractivity contribution in [2.75, 3.05) is 19.0 Å². The first-order valence-corrected chi connectivity index (χ1v) is 7.82. The van der Waals surface area contributed by atoms with Crippen LogP contribution in [0.25, 0.3) is 0 Å². The van der Waals surface area contributed by atoms with Gasteiger partial charge in [0.15, 0.2) is 0 Å².